The van der Waals surface area contributed by atoms with Crippen molar-refractivity contribution in [1.82, 2.24) is 30.3 Å². The van der Waals surface area contributed by atoms with E-state index < -0.39 is 36.0 Å². The number of methoxy groups -OCH3 is 1. The van der Waals surface area contributed by atoms with Crippen LogP contribution in [-0.2, 0) is 16.6 Å². The van der Waals surface area contributed by atoms with Gasteiger partial charge in [-0.1, -0.05) is 36.6 Å². The van der Waals surface area contributed by atoms with E-state index in [1.807, 2.05) is 25.2 Å². The predicted octanol–water partition coefficient (Wildman–Crippen LogP) is 1.97. The van der Waals surface area contributed by atoms with E-state index in [-0.39, 0.29) is 11.6 Å². The number of urea groups is 1. The highest BCUT2D eigenvalue weighted by molar-refractivity contribution is 6.09. The molecule has 2 aromatic rings. The van der Waals surface area contributed by atoms with Crippen LogP contribution in [0.4, 0.5) is 13.6 Å². The van der Waals surface area contributed by atoms with E-state index in [9.17, 15) is 18.4 Å². The van der Waals surface area contributed by atoms with Gasteiger partial charge in [0.25, 0.3) is 0 Å². The van der Waals surface area contributed by atoms with Gasteiger partial charge < -0.3 is 20.4 Å². The van der Waals surface area contributed by atoms with Crippen LogP contribution in [0, 0.1) is 17.6 Å². The highest BCUT2D eigenvalue weighted by Crippen LogP contribution is 2.32. The van der Waals surface area contributed by atoms with Gasteiger partial charge in [0, 0.05) is 39.2 Å². The fourth-order valence-electron chi connectivity index (χ4n) is 5.98. The third-order valence-corrected chi connectivity index (χ3v) is 8.38. The van der Waals surface area contributed by atoms with Gasteiger partial charge in [0.1, 0.15) is 12.3 Å². The van der Waals surface area contributed by atoms with Crippen LogP contribution < -0.4 is 27.0 Å². The molecule has 1 fully saturated rings. The van der Waals surface area contributed by atoms with E-state index >= 15 is 0 Å². The number of benzene rings is 1. The largest absolute Gasteiger partial charge is 0.383 e. The Labute approximate surface area is 263 Å². The van der Waals surface area contributed by atoms with Crippen molar-refractivity contribution >= 4 is 23.9 Å². The number of aromatic nitrogens is 2. The molecule has 0 saturated carbocycles. The van der Waals surface area contributed by atoms with Crippen molar-refractivity contribution in [1.29, 1.82) is 0 Å². The maximum atomic E-state index is 14.2. The second kappa shape index (κ2) is 13.3. The van der Waals surface area contributed by atoms with Gasteiger partial charge in [0.05, 0.1) is 34.8 Å². The number of nitrogens with one attached hydrogen (secondary N) is 3. The Kier molecular flexibility index (Phi) is 9.03. The molecule has 4 atom stereocenters. The number of hydrogen-bond acceptors (Lipinski definition) is 7. The third kappa shape index (κ3) is 6.32. The number of carbonyl (C=O) groups excluding carboxylic acids is 1. The summed E-state index contributed by atoms with van der Waals surface area (Å²) in [4.78, 5) is 35.0. The Morgan fingerprint density at radius 3 is 2.78 bits per heavy atom. The van der Waals surface area contributed by atoms with Crippen LogP contribution >= 0.6 is 0 Å². The molecule has 11 nitrogen and oxygen atoms in total. The number of aromatic amines is 1. The fourth-order valence-corrected chi connectivity index (χ4v) is 5.98. The summed E-state index contributed by atoms with van der Waals surface area (Å²) < 4.78 is 34.6. The molecule has 1 aromatic carbocycles. The predicted molar refractivity (Wildman–Crippen MR) is 167 cm³/mol. The van der Waals surface area contributed by atoms with Gasteiger partial charge in [0.2, 0.25) is 0 Å². The summed E-state index contributed by atoms with van der Waals surface area (Å²) in [5.41, 5.74) is 8.33. The van der Waals surface area contributed by atoms with E-state index in [4.69, 9.17) is 14.7 Å². The fraction of sp³-hybridized carbons (Fsp3) is 0.364. The Morgan fingerprint density at radius 1 is 1.20 bits per heavy atom. The minimum atomic E-state index is -0.999. The second-order valence-corrected chi connectivity index (χ2v) is 11.4. The lowest BCUT2D eigenvalue weighted by Gasteiger charge is -2.29. The summed E-state index contributed by atoms with van der Waals surface area (Å²) in [6.45, 7) is 3.07. The first-order valence-electron chi connectivity index (χ1n) is 15.1. The van der Waals surface area contributed by atoms with Gasteiger partial charge in [0.15, 0.2) is 11.6 Å². The average molecular weight is 632 g/mol. The second-order valence-electron chi connectivity index (χ2n) is 11.4. The molecule has 6 rings (SSSR count). The maximum absolute atomic E-state index is 14.2. The van der Waals surface area contributed by atoms with E-state index in [0.717, 1.165) is 41.6 Å². The van der Waals surface area contributed by atoms with Crippen molar-refractivity contribution in [3.63, 3.8) is 0 Å². The molecule has 13 heteroatoms. The highest BCUT2D eigenvalue weighted by Gasteiger charge is 2.40. The van der Waals surface area contributed by atoms with Crippen molar-refractivity contribution < 1.29 is 23.1 Å². The molecule has 3 heterocycles. The molecule has 0 radical (unpaired) electrons. The minimum Gasteiger partial charge on any atom is -0.383 e. The van der Waals surface area contributed by atoms with Crippen LogP contribution in [0.5, 0.6) is 0 Å². The van der Waals surface area contributed by atoms with Crippen LogP contribution in [0.1, 0.15) is 31.4 Å². The summed E-state index contributed by atoms with van der Waals surface area (Å²) in [6.07, 6.45) is 11.5. The number of H-pyrrole nitrogens is 1. The Morgan fingerprint density at radius 2 is 2.02 bits per heavy atom. The lowest BCUT2D eigenvalue weighted by atomic mass is 9.94. The number of nitrogens with zero attached hydrogens (tertiary/aromatic N) is 4. The van der Waals surface area contributed by atoms with Crippen LogP contribution in [-0.4, -0.2) is 70.4 Å². The van der Waals surface area contributed by atoms with Gasteiger partial charge in [-0.2, -0.15) is 10.2 Å². The van der Waals surface area contributed by atoms with E-state index in [2.05, 4.69) is 33.2 Å². The monoisotopic (exact) mass is 631 g/mol. The number of imidazole rings is 1. The number of ether oxygens (including phenoxy) is 1. The SMILES string of the molecule is COCCN1C[C@@H](NC(=O)NC2C(C)C(C3=CCC/C=c4/c([nH]c(=O)n4C)=C3)=NN2C2=CC=C=C=C2)[C@H](c2ccc(F)c(F)c2)O1. The summed E-state index contributed by atoms with van der Waals surface area (Å²) >= 11 is 0. The Bertz CT molecular complexity index is 1910. The number of allylic oxidation sites excluding steroid dienone is 5. The standard InChI is InChI=1S/C33H35F2N7O4/c1-20-29(21-9-7-8-12-28-26(18-21)37-33(44)40(28)2)39-42(23-10-5-4-6-11-23)31(20)38-32(43)36-27-19-41(15-16-45-3)46-30(27)22-13-14-24(34)25(35)17-22/h5,9-14,17-18,20,27,30-31H,7-8,15-16,19H2,1-3H3,(H,37,44)(H2,36,38,43)/b21-9?,26-18?,28-12-/t20?,27-,30+,31?/m1/s1. The maximum Gasteiger partial charge on any atom is 0.326 e. The van der Waals surface area contributed by atoms with Crippen molar-refractivity contribution in [3.8, 4) is 0 Å². The zero-order valence-corrected chi connectivity index (χ0v) is 25.7. The Hall–Kier alpha value is -4.77. The summed E-state index contributed by atoms with van der Waals surface area (Å²) in [6, 6.07) is 2.50. The Balaban J connectivity index is 1.26. The van der Waals surface area contributed by atoms with Crippen LogP contribution in [0.15, 0.2) is 75.1 Å². The quantitative estimate of drug-likeness (QED) is 0.384. The third-order valence-electron chi connectivity index (χ3n) is 8.38. The molecule has 2 aliphatic carbocycles. The number of carbonyl (C=O) groups is 1. The first-order chi connectivity index (χ1) is 22.2. The molecule has 2 amide bonds. The number of amides is 2. The van der Waals surface area contributed by atoms with E-state index in [1.165, 1.54) is 6.07 Å². The van der Waals surface area contributed by atoms with E-state index in [0.29, 0.717) is 36.3 Å². The molecular weight excluding hydrogens is 596 g/mol. The number of hydrazone groups is 1. The number of fused-ring (bicyclic) bond motifs is 1. The molecule has 1 aromatic heterocycles. The summed E-state index contributed by atoms with van der Waals surface area (Å²) in [5, 5.41) is 15.9. The zero-order chi connectivity index (χ0) is 32.4. The molecule has 2 unspecified atom stereocenters. The summed E-state index contributed by atoms with van der Waals surface area (Å²) in [5.74, 6) is -2.24. The highest BCUT2D eigenvalue weighted by atomic mass is 19.2. The van der Waals surface area contributed by atoms with Crippen molar-refractivity contribution in [2.24, 2.45) is 18.1 Å². The molecule has 0 bridgehead atoms. The van der Waals surface area contributed by atoms with Gasteiger partial charge in [-0.3, -0.25) is 9.40 Å². The van der Waals surface area contributed by atoms with Crippen LogP contribution in [0.2, 0.25) is 0 Å². The number of hydroxylamine groups is 2. The summed E-state index contributed by atoms with van der Waals surface area (Å²) in [7, 11) is 3.30. The first kappa shape index (κ1) is 31.2. The van der Waals surface area contributed by atoms with Gasteiger partial charge >= 0.3 is 11.7 Å². The molecule has 4 aliphatic rings. The van der Waals surface area contributed by atoms with Crippen LogP contribution in [0.3, 0.4) is 0 Å². The molecule has 46 heavy (non-hydrogen) atoms. The van der Waals surface area contributed by atoms with Gasteiger partial charge in [-0.15, -0.1) is 0 Å². The van der Waals surface area contributed by atoms with Gasteiger partial charge in [-0.25, -0.2) is 23.4 Å². The number of halogens is 2. The smallest absolute Gasteiger partial charge is 0.326 e. The molecule has 0 spiro atoms. The van der Waals surface area contributed by atoms with Crippen molar-refractivity contribution in [3.05, 3.63) is 104 Å². The zero-order valence-electron chi connectivity index (χ0n) is 25.7. The van der Waals surface area contributed by atoms with Crippen molar-refractivity contribution in [2.45, 2.75) is 38.1 Å². The molecule has 1 saturated heterocycles. The molecule has 3 N–H and O–H groups in total. The lowest BCUT2D eigenvalue weighted by Crippen LogP contribution is -2.53. The topological polar surface area (TPSA) is 116 Å². The number of hydrogen-bond donors (Lipinski definition) is 3. The minimum absolute atomic E-state index is 0.201. The van der Waals surface area contributed by atoms with Gasteiger partial charge in [-0.05, 0) is 54.3 Å². The molecule has 240 valence electrons. The normalized spacial score (nSPS) is 24.7. The van der Waals surface area contributed by atoms with Crippen LogP contribution in [0.25, 0.3) is 12.2 Å². The van der Waals surface area contributed by atoms with E-state index in [1.54, 1.807) is 40.9 Å². The average Bonchev–Trinajstić information content (AvgIpc) is 3.66. The number of rotatable bonds is 8. The molecule has 2 aliphatic heterocycles. The first-order valence-corrected chi connectivity index (χ1v) is 15.1. The molecular formula is C33H35F2N7O4. The van der Waals surface area contributed by atoms with Crippen molar-refractivity contribution in [2.75, 3.05) is 26.8 Å². The lowest BCUT2D eigenvalue weighted by molar-refractivity contribution is -0.154.